The Hall–Kier alpha value is -2.61. The van der Waals surface area contributed by atoms with Crippen molar-refractivity contribution in [3.8, 4) is 5.75 Å². The minimum absolute atomic E-state index is 0.0166. The van der Waals surface area contributed by atoms with E-state index in [9.17, 15) is 4.79 Å². The summed E-state index contributed by atoms with van der Waals surface area (Å²) in [6.07, 6.45) is 5.42. The van der Waals surface area contributed by atoms with Crippen LogP contribution in [0.1, 0.15) is 30.1 Å². The van der Waals surface area contributed by atoms with Gasteiger partial charge in [0.15, 0.2) is 5.13 Å². The second-order valence-corrected chi connectivity index (χ2v) is 8.10. The number of fused-ring (bicyclic) bond motifs is 1. The Balaban J connectivity index is 1.53. The Bertz CT molecular complexity index is 982. The number of para-hydroxylation sites is 1. The van der Waals surface area contributed by atoms with Crippen LogP contribution in [0.15, 0.2) is 30.6 Å². The average Bonchev–Trinajstić information content (AvgIpc) is 3.34. The van der Waals surface area contributed by atoms with Crippen LogP contribution in [-0.4, -0.2) is 58.4 Å². The van der Waals surface area contributed by atoms with Crippen molar-refractivity contribution < 1.29 is 9.53 Å². The molecule has 0 N–H and O–H groups in total. The Morgan fingerprint density at radius 1 is 1.43 bits per heavy atom. The molecule has 3 heterocycles. The van der Waals surface area contributed by atoms with Crippen LogP contribution in [0, 0.1) is 0 Å². The largest absolute Gasteiger partial charge is 0.492 e. The SMILES string of the molecule is CCOc1cccc2sc(N3CCCC(N(C)C(=O)c4cnn(C)c4)C3)nc12. The molecule has 4 rings (SSSR count). The predicted octanol–water partition coefficient (Wildman–Crippen LogP) is 3.17. The van der Waals surface area contributed by atoms with E-state index in [0.717, 1.165) is 47.0 Å². The van der Waals surface area contributed by atoms with Gasteiger partial charge in [-0.15, -0.1) is 0 Å². The molecule has 148 valence electrons. The molecular weight excluding hydrogens is 374 g/mol. The van der Waals surface area contributed by atoms with Gasteiger partial charge in [0.2, 0.25) is 0 Å². The van der Waals surface area contributed by atoms with Crippen LogP contribution >= 0.6 is 11.3 Å². The monoisotopic (exact) mass is 399 g/mol. The van der Waals surface area contributed by atoms with Gasteiger partial charge in [-0.2, -0.15) is 5.10 Å². The van der Waals surface area contributed by atoms with Crippen molar-refractivity contribution in [1.82, 2.24) is 19.7 Å². The molecule has 0 bridgehead atoms. The lowest BCUT2D eigenvalue weighted by molar-refractivity contribution is 0.0717. The van der Waals surface area contributed by atoms with Crippen LogP contribution in [0.4, 0.5) is 5.13 Å². The third-order valence-electron chi connectivity index (χ3n) is 5.16. The first-order chi connectivity index (χ1) is 13.6. The van der Waals surface area contributed by atoms with Gasteiger partial charge in [-0.25, -0.2) is 4.98 Å². The van der Waals surface area contributed by atoms with Crippen molar-refractivity contribution in [2.75, 3.05) is 31.6 Å². The molecule has 0 saturated carbocycles. The fourth-order valence-electron chi connectivity index (χ4n) is 3.66. The van der Waals surface area contributed by atoms with Gasteiger partial charge in [0, 0.05) is 39.4 Å². The van der Waals surface area contributed by atoms with E-state index in [1.165, 1.54) is 0 Å². The van der Waals surface area contributed by atoms with E-state index >= 15 is 0 Å². The molecule has 28 heavy (non-hydrogen) atoms. The molecule has 1 amide bonds. The number of anilines is 1. The maximum Gasteiger partial charge on any atom is 0.257 e. The van der Waals surface area contributed by atoms with E-state index in [1.54, 1.807) is 28.4 Å². The standard InChI is InChI=1S/C20H25N5O2S/c1-4-27-16-8-5-9-17-18(16)22-20(28-17)25-10-6-7-15(13-25)24(3)19(26)14-11-21-23(2)12-14/h5,8-9,11-12,15H,4,6-7,10,13H2,1-3H3. The number of aromatic nitrogens is 3. The summed E-state index contributed by atoms with van der Waals surface area (Å²) < 4.78 is 8.51. The van der Waals surface area contributed by atoms with E-state index in [-0.39, 0.29) is 11.9 Å². The molecule has 0 aliphatic carbocycles. The number of piperidine rings is 1. The first kappa shape index (κ1) is 18.7. The number of thiazole rings is 1. The van der Waals surface area contributed by atoms with E-state index in [0.29, 0.717) is 12.2 Å². The Labute approximate surface area is 168 Å². The highest BCUT2D eigenvalue weighted by Crippen LogP contribution is 2.35. The van der Waals surface area contributed by atoms with Gasteiger partial charge < -0.3 is 14.5 Å². The van der Waals surface area contributed by atoms with Crippen LogP contribution in [0.2, 0.25) is 0 Å². The normalized spacial score (nSPS) is 17.1. The number of hydrogen-bond donors (Lipinski definition) is 0. The molecule has 0 spiro atoms. The smallest absolute Gasteiger partial charge is 0.257 e. The maximum atomic E-state index is 12.8. The number of carbonyl (C=O) groups excluding carboxylic acids is 1. The highest BCUT2D eigenvalue weighted by molar-refractivity contribution is 7.22. The van der Waals surface area contributed by atoms with Crippen molar-refractivity contribution in [3.63, 3.8) is 0 Å². The molecule has 1 aliphatic rings. The number of ether oxygens (including phenoxy) is 1. The summed E-state index contributed by atoms with van der Waals surface area (Å²) in [5.41, 5.74) is 1.55. The van der Waals surface area contributed by atoms with Gasteiger partial charge in [-0.05, 0) is 31.9 Å². The second-order valence-electron chi connectivity index (χ2n) is 7.09. The van der Waals surface area contributed by atoms with Gasteiger partial charge in [-0.3, -0.25) is 9.48 Å². The zero-order valence-corrected chi connectivity index (χ0v) is 17.3. The molecule has 8 heteroatoms. The molecule has 3 aromatic rings. The number of hydrogen-bond acceptors (Lipinski definition) is 6. The first-order valence-corrected chi connectivity index (χ1v) is 10.4. The number of rotatable bonds is 5. The van der Waals surface area contributed by atoms with Crippen LogP contribution in [0.25, 0.3) is 10.2 Å². The summed E-state index contributed by atoms with van der Waals surface area (Å²) in [5, 5.41) is 5.11. The van der Waals surface area contributed by atoms with Crippen LogP contribution in [-0.2, 0) is 7.05 Å². The minimum atomic E-state index is 0.0166. The Morgan fingerprint density at radius 3 is 3.04 bits per heavy atom. The number of amides is 1. The lowest BCUT2D eigenvalue weighted by Gasteiger charge is -2.37. The van der Waals surface area contributed by atoms with Crippen molar-refractivity contribution in [2.45, 2.75) is 25.8 Å². The number of aryl methyl sites for hydroxylation is 1. The molecule has 1 fully saturated rings. The molecule has 0 radical (unpaired) electrons. The molecule has 2 aromatic heterocycles. The lowest BCUT2D eigenvalue weighted by Crippen LogP contribution is -2.48. The van der Waals surface area contributed by atoms with E-state index in [1.807, 2.05) is 38.1 Å². The third-order valence-corrected chi connectivity index (χ3v) is 6.24. The van der Waals surface area contributed by atoms with Gasteiger partial charge in [0.1, 0.15) is 11.3 Å². The summed E-state index contributed by atoms with van der Waals surface area (Å²) in [7, 11) is 3.71. The van der Waals surface area contributed by atoms with E-state index in [4.69, 9.17) is 9.72 Å². The fraction of sp³-hybridized carbons (Fsp3) is 0.450. The minimum Gasteiger partial charge on any atom is -0.492 e. The summed E-state index contributed by atoms with van der Waals surface area (Å²) in [5.74, 6) is 0.850. The van der Waals surface area contributed by atoms with Crippen LogP contribution in [0.5, 0.6) is 5.75 Å². The number of benzene rings is 1. The topological polar surface area (TPSA) is 63.5 Å². The van der Waals surface area contributed by atoms with E-state index in [2.05, 4.69) is 16.1 Å². The quantitative estimate of drug-likeness (QED) is 0.659. The summed E-state index contributed by atoms with van der Waals surface area (Å²) >= 11 is 1.68. The molecule has 7 nitrogen and oxygen atoms in total. The molecule has 1 atom stereocenters. The number of carbonyl (C=O) groups is 1. The Kier molecular flexibility index (Phi) is 5.21. The van der Waals surface area contributed by atoms with Gasteiger partial charge in [-0.1, -0.05) is 17.4 Å². The molecule has 1 saturated heterocycles. The van der Waals surface area contributed by atoms with Gasteiger partial charge in [0.25, 0.3) is 5.91 Å². The van der Waals surface area contributed by atoms with Crippen molar-refractivity contribution >= 4 is 32.6 Å². The molecule has 1 unspecified atom stereocenters. The van der Waals surface area contributed by atoms with E-state index < -0.39 is 0 Å². The second kappa shape index (κ2) is 7.79. The summed E-state index contributed by atoms with van der Waals surface area (Å²) in [4.78, 5) is 21.8. The highest BCUT2D eigenvalue weighted by atomic mass is 32.1. The maximum absolute atomic E-state index is 12.8. The molecule has 1 aromatic carbocycles. The van der Waals surface area contributed by atoms with Gasteiger partial charge in [0.05, 0.1) is 23.1 Å². The van der Waals surface area contributed by atoms with Crippen molar-refractivity contribution in [1.29, 1.82) is 0 Å². The average molecular weight is 400 g/mol. The summed E-state index contributed by atoms with van der Waals surface area (Å²) in [6.45, 7) is 4.34. The number of likely N-dealkylation sites (N-methyl/N-ethyl adjacent to an activating group) is 1. The molecular formula is C20H25N5O2S. The van der Waals surface area contributed by atoms with Crippen molar-refractivity contribution in [2.24, 2.45) is 7.05 Å². The van der Waals surface area contributed by atoms with Crippen LogP contribution < -0.4 is 9.64 Å². The number of nitrogens with zero attached hydrogens (tertiary/aromatic N) is 5. The predicted molar refractivity (Wildman–Crippen MR) is 111 cm³/mol. The highest BCUT2D eigenvalue weighted by Gasteiger charge is 2.28. The van der Waals surface area contributed by atoms with Gasteiger partial charge >= 0.3 is 0 Å². The third kappa shape index (κ3) is 3.56. The van der Waals surface area contributed by atoms with Crippen molar-refractivity contribution in [3.05, 3.63) is 36.2 Å². The summed E-state index contributed by atoms with van der Waals surface area (Å²) in [6, 6.07) is 6.21. The lowest BCUT2D eigenvalue weighted by atomic mass is 10.0. The fourth-order valence-corrected chi connectivity index (χ4v) is 4.68. The Morgan fingerprint density at radius 2 is 2.29 bits per heavy atom. The zero-order chi connectivity index (χ0) is 19.7. The van der Waals surface area contributed by atoms with Crippen LogP contribution in [0.3, 0.4) is 0 Å². The molecule has 1 aliphatic heterocycles. The first-order valence-electron chi connectivity index (χ1n) is 9.60. The zero-order valence-electron chi connectivity index (χ0n) is 16.5.